The fourth-order valence-electron chi connectivity index (χ4n) is 1.07. The third kappa shape index (κ3) is 21.2. The van der Waals surface area contributed by atoms with Gasteiger partial charge in [-0.05, 0) is 13.8 Å². The molecule has 0 aromatic rings. The molecule has 0 aromatic heterocycles. The molecule has 0 bridgehead atoms. The van der Waals surface area contributed by atoms with Crippen LogP contribution in [0.25, 0.3) is 0 Å². The van der Waals surface area contributed by atoms with Crippen molar-refractivity contribution in [2.45, 2.75) is 13.8 Å². The van der Waals surface area contributed by atoms with Crippen molar-refractivity contribution in [2.24, 2.45) is 0 Å². The lowest BCUT2D eigenvalue weighted by molar-refractivity contribution is 0.186. The third-order valence-corrected chi connectivity index (χ3v) is 11.9. The van der Waals surface area contributed by atoms with Crippen molar-refractivity contribution in [3.63, 3.8) is 0 Å². The highest BCUT2D eigenvalue weighted by molar-refractivity contribution is 6.49. The Balaban J connectivity index is 2.90. The van der Waals surface area contributed by atoms with Crippen LogP contribution in [0.1, 0.15) is 13.8 Å². The van der Waals surface area contributed by atoms with E-state index in [1.807, 2.05) is 13.8 Å². The van der Waals surface area contributed by atoms with Gasteiger partial charge in [-0.25, -0.2) is 0 Å². The average Bonchev–Trinajstić information content (AvgIpc) is 2.50. The number of hydrogen-bond donors (Lipinski definition) is 0. The summed E-state index contributed by atoms with van der Waals surface area (Å²) >= 11 is 0. The van der Waals surface area contributed by atoms with Crippen molar-refractivity contribution in [3.05, 3.63) is 0 Å². The highest BCUT2D eigenvalue weighted by Gasteiger charge is 1.95. The maximum absolute atomic E-state index is 5.46. The molecule has 0 aliphatic carbocycles. The fraction of sp³-hybridized carbons (Fsp3) is 1.00. The fourth-order valence-corrected chi connectivity index (χ4v) is 12.5. The second-order valence-electron chi connectivity index (χ2n) is 3.62. The molecule has 0 aliphatic rings. The van der Waals surface area contributed by atoms with Crippen molar-refractivity contribution < 1.29 is 34.2 Å². The van der Waals surface area contributed by atoms with Gasteiger partial charge < -0.3 is 34.2 Å². The van der Waals surface area contributed by atoms with Crippen LogP contribution in [0.4, 0.5) is 0 Å². The van der Waals surface area contributed by atoms with Crippen LogP contribution in [0, 0.1) is 0 Å². The van der Waals surface area contributed by atoms with Crippen LogP contribution in [0.15, 0.2) is 0 Å². The molecular formula is C6H28O8Si7. The lowest BCUT2D eigenvalue weighted by atomic mass is 10.9. The van der Waals surface area contributed by atoms with E-state index in [2.05, 4.69) is 0 Å². The number of rotatable bonds is 18. The molecule has 8 nitrogen and oxygen atoms in total. The SMILES string of the molecule is CCOC[SiH2]O[SiH2]O[SiH2]O[SiH2]O[SiH2]O[SiH2]O[SiH2]COCC. The van der Waals surface area contributed by atoms with Crippen LogP contribution in [-0.4, -0.2) is 95.2 Å². The van der Waals surface area contributed by atoms with Gasteiger partial charge in [0.1, 0.15) is 0 Å². The molecule has 0 atom stereocenters. The summed E-state index contributed by atoms with van der Waals surface area (Å²) in [5.41, 5.74) is 0. The third-order valence-electron chi connectivity index (χ3n) is 1.99. The van der Waals surface area contributed by atoms with Gasteiger partial charge in [-0.3, -0.25) is 0 Å². The largest absolute Gasteiger partial charge is 0.444 e. The number of ether oxygens (including phenoxy) is 2. The first-order valence-corrected chi connectivity index (χ1v) is 16.0. The van der Waals surface area contributed by atoms with Gasteiger partial charge in [0.2, 0.25) is 0 Å². The Kier molecular flexibility index (Phi) is 22.4. The van der Waals surface area contributed by atoms with Crippen LogP contribution < -0.4 is 0 Å². The standard InChI is InChI=1S/C6H28O8Si7/c1-3-7-5-15-9-17-11-19-13-21-14-20-12-18-10-16-6-8-4-2/h3-6,15-21H2,1-2H3. The molecule has 0 fully saturated rings. The van der Waals surface area contributed by atoms with Crippen LogP contribution in [0.3, 0.4) is 0 Å². The Morgan fingerprint density at radius 2 is 0.857 bits per heavy atom. The van der Waals surface area contributed by atoms with Gasteiger partial charge in [0.15, 0.2) is 19.5 Å². The zero-order valence-electron chi connectivity index (χ0n) is 13.0. The Hall–Kier alpha value is 1.20. The Morgan fingerprint density at radius 3 is 1.19 bits per heavy atom. The van der Waals surface area contributed by atoms with Crippen LogP contribution >= 0.6 is 0 Å². The minimum Gasteiger partial charge on any atom is -0.444 e. The maximum Gasteiger partial charge on any atom is 0.286 e. The van der Waals surface area contributed by atoms with E-state index in [-0.39, 0.29) is 0 Å². The second kappa shape index (κ2) is 21.2. The smallest absolute Gasteiger partial charge is 0.286 e. The molecular weight excluding hydrogens is 397 g/mol. The van der Waals surface area contributed by atoms with Gasteiger partial charge in [-0.1, -0.05) is 0 Å². The maximum atomic E-state index is 5.46. The Morgan fingerprint density at radius 1 is 0.524 bits per heavy atom. The lowest BCUT2D eigenvalue weighted by Gasteiger charge is -2.08. The van der Waals surface area contributed by atoms with E-state index >= 15 is 0 Å². The first kappa shape index (κ1) is 22.2. The molecule has 128 valence electrons. The lowest BCUT2D eigenvalue weighted by Crippen LogP contribution is -2.21. The van der Waals surface area contributed by atoms with Gasteiger partial charge in [0, 0.05) is 13.2 Å². The van der Waals surface area contributed by atoms with Crippen molar-refractivity contribution in [1.82, 2.24) is 0 Å². The van der Waals surface area contributed by atoms with Crippen LogP contribution in [0.2, 0.25) is 0 Å². The predicted octanol–water partition coefficient (Wildman–Crippen LogP) is -5.76. The first-order valence-electron chi connectivity index (χ1n) is 7.03. The molecule has 0 heterocycles. The molecule has 0 spiro atoms. The molecule has 21 heavy (non-hydrogen) atoms. The quantitative estimate of drug-likeness (QED) is 0.159. The summed E-state index contributed by atoms with van der Waals surface area (Å²) in [6.45, 7) is 5.48. The molecule has 0 saturated carbocycles. The Labute approximate surface area is 143 Å². The zero-order chi connectivity index (χ0) is 15.4. The minimum atomic E-state index is -0.904. The van der Waals surface area contributed by atoms with Gasteiger partial charge in [0.25, 0.3) is 50.0 Å². The van der Waals surface area contributed by atoms with Crippen molar-refractivity contribution in [2.75, 3.05) is 25.7 Å². The highest BCUT2D eigenvalue weighted by Crippen LogP contribution is 1.78. The molecule has 0 unspecified atom stereocenters. The van der Waals surface area contributed by atoms with Crippen molar-refractivity contribution >= 4 is 69.6 Å². The second-order valence-corrected chi connectivity index (χ2v) is 16.2. The van der Waals surface area contributed by atoms with E-state index in [4.69, 9.17) is 34.2 Å². The Bertz CT molecular complexity index is 176. The summed E-state index contributed by atoms with van der Waals surface area (Å²) in [5, 5.41) is 0. The average molecular weight is 425 g/mol. The summed E-state index contributed by atoms with van der Waals surface area (Å²) in [7, 11) is -5.40. The van der Waals surface area contributed by atoms with Gasteiger partial charge in [-0.15, -0.1) is 0 Å². The summed E-state index contributed by atoms with van der Waals surface area (Å²) < 4.78 is 43.0. The van der Waals surface area contributed by atoms with Gasteiger partial charge in [-0.2, -0.15) is 0 Å². The summed E-state index contributed by atoms with van der Waals surface area (Å²) in [4.78, 5) is 0. The van der Waals surface area contributed by atoms with Crippen LogP contribution in [-0.2, 0) is 34.2 Å². The zero-order valence-corrected chi connectivity index (χ0v) is 22.9. The van der Waals surface area contributed by atoms with E-state index in [0.717, 1.165) is 25.7 Å². The van der Waals surface area contributed by atoms with Gasteiger partial charge >= 0.3 is 0 Å². The van der Waals surface area contributed by atoms with Crippen molar-refractivity contribution in [3.8, 4) is 0 Å². The molecule has 15 heteroatoms. The van der Waals surface area contributed by atoms with Crippen molar-refractivity contribution in [1.29, 1.82) is 0 Å². The minimum absolute atomic E-state index is 0.528. The normalized spacial score (nSPS) is 15.1. The molecule has 0 radical (unpaired) electrons. The molecule has 0 saturated heterocycles. The molecule has 0 rings (SSSR count). The molecule has 0 aliphatic heterocycles. The predicted molar refractivity (Wildman–Crippen MR) is 99.3 cm³/mol. The highest BCUT2D eigenvalue weighted by atomic mass is 28.4. The van der Waals surface area contributed by atoms with Crippen LogP contribution in [0.5, 0.6) is 0 Å². The van der Waals surface area contributed by atoms with E-state index in [0.29, 0.717) is 0 Å². The molecule has 0 aromatic carbocycles. The van der Waals surface area contributed by atoms with E-state index < -0.39 is 69.6 Å². The topological polar surface area (TPSA) is 73.8 Å². The van der Waals surface area contributed by atoms with E-state index in [1.165, 1.54) is 0 Å². The summed E-state index contributed by atoms with van der Waals surface area (Å²) in [5.74, 6) is 0. The summed E-state index contributed by atoms with van der Waals surface area (Å²) in [6, 6.07) is 0. The number of hydrogen-bond acceptors (Lipinski definition) is 8. The first-order chi connectivity index (χ1) is 10.4. The molecule has 0 amide bonds. The van der Waals surface area contributed by atoms with E-state index in [1.54, 1.807) is 0 Å². The summed E-state index contributed by atoms with van der Waals surface area (Å²) in [6.07, 6.45) is 1.55. The van der Waals surface area contributed by atoms with E-state index in [9.17, 15) is 0 Å². The molecule has 0 N–H and O–H groups in total. The van der Waals surface area contributed by atoms with Gasteiger partial charge in [0.05, 0.1) is 12.5 Å². The monoisotopic (exact) mass is 424 g/mol.